The van der Waals surface area contributed by atoms with E-state index in [0.717, 1.165) is 41.9 Å². The SMILES string of the molecule is CN(C)c1nc(-c2ccccc2)nc2c1CCN(C(=O)C1(N)CC1)C2. The lowest BCUT2D eigenvalue weighted by atomic mass is 10.0. The van der Waals surface area contributed by atoms with Crippen molar-refractivity contribution < 1.29 is 4.79 Å². The van der Waals surface area contributed by atoms with Crippen LogP contribution in [-0.2, 0) is 17.8 Å². The van der Waals surface area contributed by atoms with Crippen molar-refractivity contribution in [3.05, 3.63) is 41.6 Å². The average molecular weight is 337 g/mol. The first-order valence-electron chi connectivity index (χ1n) is 8.69. The predicted molar refractivity (Wildman–Crippen MR) is 97.1 cm³/mol. The molecular weight excluding hydrogens is 314 g/mol. The van der Waals surface area contributed by atoms with Crippen LogP contribution in [0.1, 0.15) is 24.1 Å². The second-order valence-electron chi connectivity index (χ2n) is 7.19. The zero-order valence-electron chi connectivity index (χ0n) is 14.7. The minimum Gasteiger partial charge on any atom is -0.362 e. The van der Waals surface area contributed by atoms with Crippen LogP contribution in [0.2, 0.25) is 0 Å². The maximum absolute atomic E-state index is 12.6. The summed E-state index contributed by atoms with van der Waals surface area (Å²) in [6, 6.07) is 9.95. The number of carbonyl (C=O) groups is 1. The molecule has 0 spiro atoms. The maximum atomic E-state index is 12.6. The van der Waals surface area contributed by atoms with Crippen LogP contribution in [0, 0.1) is 0 Å². The molecule has 2 aromatic rings. The number of nitrogens with zero attached hydrogens (tertiary/aromatic N) is 4. The van der Waals surface area contributed by atoms with E-state index in [-0.39, 0.29) is 5.91 Å². The van der Waals surface area contributed by atoms with Crippen LogP contribution in [0.5, 0.6) is 0 Å². The van der Waals surface area contributed by atoms with Crippen molar-refractivity contribution in [3.63, 3.8) is 0 Å². The summed E-state index contributed by atoms with van der Waals surface area (Å²) in [7, 11) is 3.99. The molecule has 2 heterocycles. The summed E-state index contributed by atoms with van der Waals surface area (Å²) in [5.41, 5.74) is 8.53. The lowest BCUT2D eigenvalue weighted by molar-refractivity contribution is -0.134. The van der Waals surface area contributed by atoms with Crippen molar-refractivity contribution in [1.82, 2.24) is 14.9 Å². The van der Waals surface area contributed by atoms with Crippen LogP contribution in [0.25, 0.3) is 11.4 Å². The van der Waals surface area contributed by atoms with Gasteiger partial charge in [-0.3, -0.25) is 4.79 Å². The number of hydrogen-bond donors (Lipinski definition) is 1. The average Bonchev–Trinajstić information content (AvgIpc) is 3.39. The molecule has 2 aliphatic rings. The molecule has 4 rings (SSSR count). The van der Waals surface area contributed by atoms with E-state index in [1.807, 2.05) is 54.2 Å². The molecule has 0 radical (unpaired) electrons. The summed E-state index contributed by atoms with van der Waals surface area (Å²) in [5.74, 6) is 1.69. The molecule has 0 unspecified atom stereocenters. The lowest BCUT2D eigenvalue weighted by Crippen LogP contribution is -2.47. The number of hydrogen-bond acceptors (Lipinski definition) is 5. The summed E-state index contributed by atoms with van der Waals surface area (Å²) in [6.07, 6.45) is 2.34. The van der Waals surface area contributed by atoms with Gasteiger partial charge < -0.3 is 15.5 Å². The van der Waals surface area contributed by atoms with Crippen LogP contribution in [-0.4, -0.2) is 47.0 Å². The molecule has 0 bridgehead atoms. The zero-order valence-corrected chi connectivity index (χ0v) is 14.7. The van der Waals surface area contributed by atoms with Crippen LogP contribution in [0.3, 0.4) is 0 Å². The van der Waals surface area contributed by atoms with Gasteiger partial charge in [-0.2, -0.15) is 0 Å². The van der Waals surface area contributed by atoms with Crippen molar-refractivity contribution in [2.75, 3.05) is 25.5 Å². The van der Waals surface area contributed by atoms with E-state index >= 15 is 0 Å². The molecule has 1 aromatic carbocycles. The summed E-state index contributed by atoms with van der Waals surface area (Å²) in [4.78, 5) is 26.1. The fraction of sp³-hybridized carbons (Fsp3) is 0.421. The first-order chi connectivity index (χ1) is 12.0. The van der Waals surface area contributed by atoms with Gasteiger partial charge in [0.1, 0.15) is 5.82 Å². The van der Waals surface area contributed by atoms with E-state index in [9.17, 15) is 4.79 Å². The van der Waals surface area contributed by atoms with Gasteiger partial charge in [0.2, 0.25) is 5.91 Å². The zero-order chi connectivity index (χ0) is 17.6. The van der Waals surface area contributed by atoms with E-state index in [2.05, 4.69) is 0 Å². The number of fused-ring (bicyclic) bond motifs is 1. The first-order valence-corrected chi connectivity index (χ1v) is 8.69. The van der Waals surface area contributed by atoms with Gasteiger partial charge in [0.15, 0.2) is 5.82 Å². The molecule has 1 saturated carbocycles. The molecule has 1 aromatic heterocycles. The third-order valence-corrected chi connectivity index (χ3v) is 5.00. The highest BCUT2D eigenvalue weighted by Gasteiger charge is 2.48. The lowest BCUT2D eigenvalue weighted by Gasteiger charge is -2.32. The Hall–Kier alpha value is -2.47. The highest BCUT2D eigenvalue weighted by molar-refractivity contribution is 5.89. The van der Waals surface area contributed by atoms with Crippen molar-refractivity contribution in [2.24, 2.45) is 5.73 Å². The fourth-order valence-electron chi connectivity index (χ4n) is 3.33. The fourth-order valence-corrected chi connectivity index (χ4v) is 3.33. The first kappa shape index (κ1) is 16.0. The van der Waals surface area contributed by atoms with E-state index in [1.54, 1.807) is 0 Å². The molecule has 1 fully saturated rings. The van der Waals surface area contributed by atoms with E-state index in [1.165, 1.54) is 0 Å². The second-order valence-corrected chi connectivity index (χ2v) is 7.19. The number of aromatic nitrogens is 2. The number of amides is 1. The minimum atomic E-state index is -0.628. The molecule has 2 N–H and O–H groups in total. The Labute approximate surface area is 147 Å². The molecule has 25 heavy (non-hydrogen) atoms. The van der Waals surface area contributed by atoms with Crippen LogP contribution in [0.4, 0.5) is 5.82 Å². The molecule has 1 aliphatic carbocycles. The summed E-state index contributed by atoms with van der Waals surface area (Å²) >= 11 is 0. The molecule has 6 heteroatoms. The smallest absolute Gasteiger partial charge is 0.243 e. The van der Waals surface area contributed by atoms with E-state index < -0.39 is 5.54 Å². The van der Waals surface area contributed by atoms with Crippen LogP contribution < -0.4 is 10.6 Å². The van der Waals surface area contributed by atoms with E-state index in [4.69, 9.17) is 15.7 Å². The number of carbonyl (C=O) groups excluding carboxylic acids is 1. The summed E-state index contributed by atoms with van der Waals surface area (Å²) in [5, 5.41) is 0. The number of anilines is 1. The van der Waals surface area contributed by atoms with Gasteiger partial charge in [0.05, 0.1) is 17.8 Å². The van der Waals surface area contributed by atoms with Gasteiger partial charge in [-0.25, -0.2) is 9.97 Å². The van der Waals surface area contributed by atoms with Gasteiger partial charge in [0.25, 0.3) is 0 Å². The standard InChI is InChI=1S/C19H23N5O/c1-23(2)17-14-8-11-24(18(25)19(20)9-10-19)12-15(14)21-16(22-17)13-6-4-3-5-7-13/h3-7H,8-12,20H2,1-2H3. The van der Waals surface area contributed by atoms with Crippen LogP contribution >= 0.6 is 0 Å². The highest BCUT2D eigenvalue weighted by atomic mass is 16.2. The van der Waals surface area contributed by atoms with Gasteiger partial charge in [-0.1, -0.05) is 30.3 Å². The highest BCUT2D eigenvalue weighted by Crippen LogP contribution is 2.36. The van der Waals surface area contributed by atoms with Gasteiger partial charge in [0, 0.05) is 31.8 Å². The minimum absolute atomic E-state index is 0.0597. The summed E-state index contributed by atoms with van der Waals surface area (Å²) in [6.45, 7) is 1.19. The second kappa shape index (κ2) is 5.81. The predicted octanol–water partition coefficient (Wildman–Crippen LogP) is 1.59. The largest absolute Gasteiger partial charge is 0.362 e. The normalized spacial score (nSPS) is 17.8. The number of nitrogens with two attached hydrogens (primary N) is 1. The Bertz CT molecular complexity index is 814. The van der Waals surface area contributed by atoms with E-state index in [0.29, 0.717) is 18.9 Å². The van der Waals surface area contributed by atoms with Gasteiger partial charge in [-0.05, 0) is 19.3 Å². The Kier molecular flexibility index (Phi) is 3.72. The van der Waals surface area contributed by atoms with Gasteiger partial charge in [-0.15, -0.1) is 0 Å². The summed E-state index contributed by atoms with van der Waals surface area (Å²) < 4.78 is 0. The molecule has 130 valence electrons. The molecule has 6 nitrogen and oxygen atoms in total. The Morgan fingerprint density at radius 1 is 1.20 bits per heavy atom. The van der Waals surface area contributed by atoms with Crippen molar-refractivity contribution in [3.8, 4) is 11.4 Å². The van der Waals surface area contributed by atoms with Gasteiger partial charge >= 0.3 is 0 Å². The molecule has 0 atom stereocenters. The number of benzene rings is 1. The molecule has 0 saturated heterocycles. The topological polar surface area (TPSA) is 75.4 Å². The van der Waals surface area contributed by atoms with Crippen molar-refractivity contribution >= 4 is 11.7 Å². The Morgan fingerprint density at radius 3 is 2.56 bits per heavy atom. The Balaban J connectivity index is 1.73. The third-order valence-electron chi connectivity index (χ3n) is 5.00. The molecular formula is C19H23N5O. The number of rotatable bonds is 3. The monoisotopic (exact) mass is 337 g/mol. The van der Waals surface area contributed by atoms with Crippen molar-refractivity contribution in [1.29, 1.82) is 0 Å². The molecule has 1 amide bonds. The molecule has 1 aliphatic heterocycles. The third kappa shape index (κ3) is 2.87. The van der Waals surface area contributed by atoms with Crippen molar-refractivity contribution in [2.45, 2.75) is 31.3 Å². The quantitative estimate of drug-likeness (QED) is 0.920. The maximum Gasteiger partial charge on any atom is 0.243 e. The Morgan fingerprint density at radius 2 is 1.92 bits per heavy atom. The van der Waals surface area contributed by atoms with Crippen LogP contribution in [0.15, 0.2) is 30.3 Å².